The number of carbonyl (C=O) groups is 3. The summed E-state index contributed by atoms with van der Waals surface area (Å²) in [4.78, 5) is 38.1. The van der Waals surface area contributed by atoms with Gasteiger partial charge < -0.3 is 10.6 Å². The highest BCUT2D eigenvalue weighted by atomic mass is 32.2. The van der Waals surface area contributed by atoms with E-state index in [9.17, 15) is 14.4 Å². The fraction of sp³-hybridized carbons (Fsp3) is 0.609. The van der Waals surface area contributed by atoms with Gasteiger partial charge in [-0.05, 0) is 61.9 Å². The maximum Gasteiger partial charge on any atom is 0.230 e. The summed E-state index contributed by atoms with van der Waals surface area (Å²) in [7, 11) is 0. The number of rotatable bonds is 7. The Hall–Kier alpha value is -1.82. The molecule has 2 fully saturated rings. The SMILES string of the molecule is CC(C)CCC1(C(=O)Nc2ccccc2SC(=O)C2CCC(=O)N2)CCCCC1. The molecule has 0 radical (unpaired) electrons. The van der Waals surface area contributed by atoms with Crippen molar-refractivity contribution in [2.24, 2.45) is 11.3 Å². The molecule has 1 unspecified atom stereocenters. The van der Waals surface area contributed by atoms with Crippen molar-refractivity contribution >= 4 is 34.4 Å². The van der Waals surface area contributed by atoms with Crippen LogP contribution >= 0.6 is 11.8 Å². The van der Waals surface area contributed by atoms with Gasteiger partial charge in [-0.15, -0.1) is 0 Å². The number of nitrogens with one attached hydrogen (secondary N) is 2. The van der Waals surface area contributed by atoms with Crippen molar-refractivity contribution in [3.05, 3.63) is 24.3 Å². The van der Waals surface area contributed by atoms with Crippen molar-refractivity contribution < 1.29 is 14.4 Å². The summed E-state index contributed by atoms with van der Waals surface area (Å²) in [5.41, 5.74) is 0.388. The Kier molecular flexibility index (Phi) is 7.38. The van der Waals surface area contributed by atoms with Crippen LogP contribution in [-0.2, 0) is 14.4 Å². The molecule has 1 aliphatic carbocycles. The molecule has 1 saturated heterocycles. The summed E-state index contributed by atoms with van der Waals surface area (Å²) < 4.78 is 0. The molecular formula is C23H32N2O3S. The zero-order valence-electron chi connectivity index (χ0n) is 17.5. The summed E-state index contributed by atoms with van der Waals surface area (Å²) in [6.45, 7) is 4.40. The van der Waals surface area contributed by atoms with E-state index in [2.05, 4.69) is 24.5 Å². The minimum Gasteiger partial charge on any atom is -0.345 e. The maximum absolute atomic E-state index is 13.4. The summed E-state index contributed by atoms with van der Waals surface area (Å²) in [6, 6.07) is 7.03. The van der Waals surface area contributed by atoms with E-state index >= 15 is 0 Å². The van der Waals surface area contributed by atoms with E-state index in [1.807, 2.05) is 24.3 Å². The van der Waals surface area contributed by atoms with E-state index in [1.165, 1.54) is 6.42 Å². The molecule has 29 heavy (non-hydrogen) atoms. The van der Waals surface area contributed by atoms with Crippen LogP contribution in [0, 0.1) is 11.3 Å². The fourth-order valence-corrected chi connectivity index (χ4v) is 5.18. The molecule has 5 nitrogen and oxygen atoms in total. The molecule has 1 aromatic rings. The third-order valence-corrected chi connectivity index (χ3v) is 7.18. The molecule has 2 amide bonds. The van der Waals surface area contributed by atoms with Gasteiger partial charge in [0.1, 0.15) is 0 Å². The lowest BCUT2D eigenvalue weighted by Crippen LogP contribution is -2.38. The summed E-state index contributed by atoms with van der Waals surface area (Å²) in [6.07, 6.45) is 8.17. The number of amides is 2. The first kappa shape index (κ1) is 21.9. The summed E-state index contributed by atoms with van der Waals surface area (Å²) >= 11 is 1.11. The predicted octanol–water partition coefficient (Wildman–Crippen LogP) is 4.91. The lowest BCUT2D eigenvalue weighted by atomic mass is 9.69. The van der Waals surface area contributed by atoms with Gasteiger partial charge in [-0.3, -0.25) is 14.4 Å². The van der Waals surface area contributed by atoms with Gasteiger partial charge in [0.2, 0.25) is 16.9 Å². The average Bonchev–Trinajstić information content (AvgIpc) is 3.15. The Labute approximate surface area is 177 Å². The highest BCUT2D eigenvalue weighted by molar-refractivity contribution is 8.14. The number of hydrogen-bond acceptors (Lipinski definition) is 4. The summed E-state index contributed by atoms with van der Waals surface area (Å²) in [5, 5.41) is 5.79. The third kappa shape index (κ3) is 5.62. The lowest BCUT2D eigenvalue weighted by Gasteiger charge is -2.36. The van der Waals surface area contributed by atoms with E-state index in [0.717, 1.165) is 55.2 Å². The van der Waals surface area contributed by atoms with E-state index in [4.69, 9.17) is 0 Å². The van der Waals surface area contributed by atoms with Gasteiger partial charge in [0.15, 0.2) is 0 Å². The average molecular weight is 417 g/mol. The smallest absolute Gasteiger partial charge is 0.230 e. The largest absolute Gasteiger partial charge is 0.345 e. The lowest BCUT2D eigenvalue weighted by molar-refractivity contribution is -0.128. The number of para-hydroxylation sites is 1. The Balaban J connectivity index is 1.72. The first-order chi connectivity index (χ1) is 13.9. The molecule has 1 aromatic carbocycles. The van der Waals surface area contributed by atoms with Crippen LogP contribution in [0.25, 0.3) is 0 Å². The molecule has 1 saturated carbocycles. The Morgan fingerprint density at radius 1 is 1.21 bits per heavy atom. The standard InChI is InChI=1S/C23H32N2O3S/c1-16(2)12-15-23(13-6-3-7-14-23)22(28)25-17-8-4-5-9-19(17)29-21(27)18-10-11-20(26)24-18/h4-5,8-9,16,18H,3,6-7,10-15H2,1-2H3,(H,24,26)(H,25,28). The number of benzene rings is 1. The molecule has 2 N–H and O–H groups in total. The van der Waals surface area contributed by atoms with Crippen LogP contribution in [0.15, 0.2) is 29.2 Å². The Morgan fingerprint density at radius 3 is 2.59 bits per heavy atom. The van der Waals surface area contributed by atoms with Crippen LogP contribution in [0.4, 0.5) is 5.69 Å². The second-order valence-electron chi connectivity index (χ2n) is 8.80. The van der Waals surface area contributed by atoms with Gasteiger partial charge >= 0.3 is 0 Å². The van der Waals surface area contributed by atoms with Crippen molar-refractivity contribution in [1.29, 1.82) is 0 Å². The zero-order chi connectivity index (χ0) is 20.9. The molecule has 1 aliphatic heterocycles. The van der Waals surface area contributed by atoms with Crippen LogP contribution < -0.4 is 10.6 Å². The second-order valence-corrected chi connectivity index (χ2v) is 9.85. The molecule has 1 heterocycles. The van der Waals surface area contributed by atoms with Crippen LogP contribution in [0.5, 0.6) is 0 Å². The van der Waals surface area contributed by atoms with Crippen molar-refractivity contribution in [3.8, 4) is 0 Å². The molecule has 6 heteroatoms. The normalized spacial score (nSPS) is 21.1. The number of anilines is 1. The zero-order valence-corrected chi connectivity index (χ0v) is 18.3. The van der Waals surface area contributed by atoms with E-state index in [1.54, 1.807) is 0 Å². The molecule has 2 aliphatic rings. The molecule has 0 spiro atoms. The minimum atomic E-state index is -0.438. The highest BCUT2D eigenvalue weighted by Crippen LogP contribution is 2.42. The fourth-order valence-electron chi connectivity index (χ4n) is 4.27. The van der Waals surface area contributed by atoms with Crippen LogP contribution in [0.1, 0.15) is 71.6 Å². The van der Waals surface area contributed by atoms with Crippen molar-refractivity contribution in [1.82, 2.24) is 5.32 Å². The van der Waals surface area contributed by atoms with Gasteiger partial charge in [-0.1, -0.05) is 45.2 Å². The maximum atomic E-state index is 13.4. The molecule has 0 aromatic heterocycles. The Morgan fingerprint density at radius 2 is 1.93 bits per heavy atom. The number of hydrogen-bond donors (Lipinski definition) is 2. The first-order valence-corrected chi connectivity index (χ1v) is 11.6. The van der Waals surface area contributed by atoms with Crippen molar-refractivity contribution in [2.75, 3.05) is 5.32 Å². The second kappa shape index (κ2) is 9.79. The van der Waals surface area contributed by atoms with Gasteiger partial charge in [0.05, 0.1) is 11.7 Å². The van der Waals surface area contributed by atoms with Crippen molar-refractivity contribution in [3.63, 3.8) is 0 Å². The predicted molar refractivity (Wildman–Crippen MR) is 117 cm³/mol. The quantitative estimate of drug-likeness (QED) is 0.619. The van der Waals surface area contributed by atoms with E-state index in [-0.39, 0.29) is 22.3 Å². The summed E-state index contributed by atoms with van der Waals surface area (Å²) in [5.74, 6) is 0.589. The van der Waals surface area contributed by atoms with Gasteiger partial charge in [0, 0.05) is 16.7 Å². The molecule has 0 bridgehead atoms. The van der Waals surface area contributed by atoms with Gasteiger partial charge in [0.25, 0.3) is 0 Å². The van der Waals surface area contributed by atoms with Crippen LogP contribution in [0.2, 0.25) is 0 Å². The van der Waals surface area contributed by atoms with Crippen LogP contribution in [0.3, 0.4) is 0 Å². The molecule has 1 atom stereocenters. The molecule has 158 valence electrons. The van der Waals surface area contributed by atoms with Crippen LogP contribution in [-0.4, -0.2) is 23.0 Å². The highest BCUT2D eigenvalue weighted by Gasteiger charge is 2.39. The molecule has 3 rings (SSSR count). The molecular weight excluding hydrogens is 384 g/mol. The number of thioether (sulfide) groups is 1. The van der Waals surface area contributed by atoms with Gasteiger partial charge in [-0.25, -0.2) is 0 Å². The van der Waals surface area contributed by atoms with Gasteiger partial charge in [-0.2, -0.15) is 0 Å². The minimum absolute atomic E-state index is 0.0741. The van der Waals surface area contributed by atoms with Crippen molar-refractivity contribution in [2.45, 2.75) is 82.6 Å². The Bertz CT molecular complexity index is 756. The van der Waals surface area contributed by atoms with E-state index in [0.29, 0.717) is 24.4 Å². The van der Waals surface area contributed by atoms with E-state index < -0.39 is 6.04 Å². The topological polar surface area (TPSA) is 75.3 Å². The number of carbonyl (C=O) groups excluding carboxylic acids is 3. The third-order valence-electron chi connectivity index (χ3n) is 6.12. The first-order valence-electron chi connectivity index (χ1n) is 10.8. The monoisotopic (exact) mass is 416 g/mol.